The van der Waals surface area contributed by atoms with E-state index < -0.39 is 11.8 Å². The number of nitrogens with two attached hydrogens (primary N) is 1. The summed E-state index contributed by atoms with van der Waals surface area (Å²) < 4.78 is 0. The molecule has 8 heteroatoms. The molecule has 0 atom stereocenters. The van der Waals surface area contributed by atoms with E-state index in [2.05, 4.69) is 11.4 Å². The molecule has 2 heterocycles. The number of primary amides is 1. The molecule has 0 radical (unpaired) electrons. The number of carbonyl (C=O) groups is 2. The number of rotatable bonds is 5. The van der Waals surface area contributed by atoms with Crippen molar-refractivity contribution in [1.82, 2.24) is 0 Å². The highest BCUT2D eigenvalue weighted by atomic mass is 32.2. The van der Waals surface area contributed by atoms with Crippen molar-refractivity contribution in [3.05, 3.63) is 98.2 Å². The molecule has 0 saturated carbocycles. The van der Waals surface area contributed by atoms with Crippen LogP contribution in [0.2, 0.25) is 0 Å². The number of amides is 2. The van der Waals surface area contributed by atoms with Crippen LogP contribution in [-0.4, -0.2) is 11.8 Å². The van der Waals surface area contributed by atoms with Crippen LogP contribution in [0.5, 0.6) is 0 Å². The van der Waals surface area contributed by atoms with E-state index in [1.807, 2.05) is 71.0 Å². The van der Waals surface area contributed by atoms with Crippen molar-refractivity contribution in [2.75, 3.05) is 10.2 Å². The monoisotopic (exact) mass is 498 g/mol. The molecule has 0 saturated heterocycles. The normalized spacial score (nSPS) is 16.2. The van der Waals surface area contributed by atoms with E-state index in [0.29, 0.717) is 15.6 Å². The molecular formula is C27H22N4O2S2. The molecule has 2 aromatic carbocycles. The van der Waals surface area contributed by atoms with Gasteiger partial charge < -0.3 is 16.0 Å². The summed E-state index contributed by atoms with van der Waals surface area (Å²) in [6.07, 6.45) is 3.67. The molecule has 2 aliphatic rings. The van der Waals surface area contributed by atoms with Crippen LogP contribution >= 0.6 is 23.1 Å². The zero-order valence-corrected chi connectivity index (χ0v) is 20.4. The van der Waals surface area contributed by atoms with Gasteiger partial charge in [0.15, 0.2) is 0 Å². The zero-order valence-electron chi connectivity index (χ0n) is 18.8. The maximum Gasteiger partial charge on any atom is 0.269 e. The van der Waals surface area contributed by atoms with Crippen molar-refractivity contribution in [1.29, 1.82) is 5.26 Å². The van der Waals surface area contributed by atoms with E-state index >= 15 is 0 Å². The van der Waals surface area contributed by atoms with Gasteiger partial charge in [-0.15, -0.1) is 11.3 Å². The average Bonchev–Trinajstić information content (AvgIpc) is 3.47. The third-order valence-electron chi connectivity index (χ3n) is 6.01. The van der Waals surface area contributed by atoms with Gasteiger partial charge in [-0.2, -0.15) is 5.26 Å². The van der Waals surface area contributed by atoms with Crippen LogP contribution in [0.25, 0.3) is 5.70 Å². The summed E-state index contributed by atoms with van der Waals surface area (Å²) in [4.78, 5) is 28.7. The number of carbonyl (C=O) groups excluding carboxylic acids is 2. The average molecular weight is 499 g/mol. The smallest absolute Gasteiger partial charge is 0.269 e. The molecule has 0 fully saturated rings. The topological polar surface area (TPSA) is 99.2 Å². The third-order valence-corrected chi connectivity index (χ3v) is 8.17. The molecular weight excluding hydrogens is 476 g/mol. The quantitative estimate of drug-likeness (QED) is 0.350. The van der Waals surface area contributed by atoms with E-state index in [1.165, 1.54) is 23.1 Å². The maximum absolute atomic E-state index is 13.4. The number of anilines is 2. The van der Waals surface area contributed by atoms with Gasteiger partial charge in [-0.3, -0.25) is 9.59 Å². The van der Waals surface area contributed by atoms with Crippen molar-refractivity contribution in [3.63, 3.8) is 0 Å². The van der Waals surface area contributed by atoms with Crippen LogP contribution in [0.1, 0.15) is 39.2 Å². The maximum atomic E-state index is 13.4. The highest BCUT2D eigenvalue weighted by molar-refractivity contribution is 8.06. The summed E-state index contributed by atoms with van der Waals surface area (Å²) in [5.74, 6) is -1.11. The van der Waals surface area contributed by atoms with E-state index in [1.54, 1.807) is 0 Å². The Labute approximate surface area is 211 Å². The molecule has 35 heavy (non-hydrogen) atoms. The first-order valence-electron chi connectivity index (χ1n) is 11.3. The van der Waals surface area contributed by atoms with Crippen molar-refractivity contribution in [2.45, 2.75) is 25.7 Å². The molecule has 0 spiro atoms. The van der Waals surface area contributed by atoms with Gasteiger partial charge in [0, 0.05) is 16.0 Å². The second kappa shape index (κ2) is 9.82. The van der Waals surface area contributed by atoms with Gasteiger partial charge in [-0.25, -0.2) is 0 Å². The van der Waals surface area contributed by atoms with E-state index in [-0.39, 0.29) is 5.57 Å². The first-order valence-corrected chi connectivity index (χ1v) is 13.0. The molecule has 1 aliphatic carbocycles. The van der Waals surface area contributed by atoms with Crippen molar-refractivity contribution in [2.24, 2.45) is 5.73 Å². The van der Waals surface area contributed by atoms with Crippen LogP contribution in [0, 0.1) is 11.3 Å². The van der Waals surface area contributed by atoms with E-state index in [4.69, 9.17) is 5.73 Å². The Morgan fingerprint density at radius 2 is 1.69 bits per heavy atom. The first kappa shape index (κ1) is 23.0. The lowest BCUT2D eigenvalue weighted by Gasteiger charge is -2.24. The molecule has 174 valence electrons. The van der Waals surface area contributed by atoms with Gasteiger partial charge in [0.1, 0.15) is 21.7 Å². The minimum atomic E-state index is -0.556. The zero-order chi connectivity index (χ0) is 24.4. The minimum absolute atomic E-state index is 0.0252. The number of benzene rings is 2. The number of nitrogens with one attached hydrogen (secondary N) is 1. The number of nitriles is 1. The number of thiophene rings is 1. The predicted molar refractivity (Wildman–Crippen MR) is 142 cm³/mol. The van der Waals surface area contributed by atoms with Crippen LogP contribution in [-0.2, 0) is 17.6 Å². The van der Waals surface area contributed by atoms with Crippen LogP contribution in [0.15, 0.2) is 76.7 Å². The number of hydrogen-bond acceptors (Lipinski definition) is 6. The number of hydrogen-bond donors (Lipinski definition) is 2. The molecule has 2 amide bonds. The number of thioether (sulfide) groups is 1. The Morgan fingerprint density at radius 3 is 2.37 bits per heavy atom. The Balaban J connectivity index is 1.55. The van der Waals surface area contributed by atoms with Crippen LogP contribution < -0.4 is 16.0 Å². The SMILES string of the molecule is N#C/C(C(=O)Nc1sc2c(c1C(N)=O)CCCC2)=C1/SC=C(c2ccccc2)N1c1ccccc1. The molecule has 1 aliphatic heterocycles. The second-order valence-electron chi connectivity index (χ2n) is 8.18. The molecule has 0 unspecified atom stereocenters. The molecule has 1 aromatic heterocycles. The number of para-hydroxylation sites is 1. The molecule has 0 bridgehead atoms. The van der Waals surface area contributed by atoms with Gasteiger partial charge in [0.2, 0.25) is 0 Å². The van der Waals surface area contributed by atoms with Gasteiger partial charge in [0.25, 0.3) is 11.8 Å². The predicted octanol–water partition coefficient (Wildman–Crippen LogP) is 5.65. The number of nitrogens with zero attached hydrogens (tertiary/aromatic N) is 2. The summed E-state index contributed by atoms with van der Waals surface area (Å²) in [5, 5.41) is 15.8. The fourth-order valence-corrected chi connectivity index (χ4v) is 6.73. The second-order valence-corrected chi connectivity index (χ2v) is 10.1. The Kier molecular flexibility index (Phi) is 6.45. The van der Waals surface area contributed by atoms with Crippen molar-refractivity contribution >= 4 is 51.3 Å². The summed E-state index contributed by atoms with van der Waals surface area (Å²) in [6.45, 7) is 0. The van der Waals surface area contributed by atoms with Gasteiger partial charge in [-0.1, -0.05) is 60.3 Å². The largest absolute Gasteiger partial charge is 0.365 e. The van der Waals surface area contributed by atoms with Gasteiger partial charge in [-0.05, 0) is 48.9 Å². The molecule has 6 nitrogen and oxygen atoms in total. The Morgan fingerprint density at radius 1 is 1.00 bits per heavy atom. The summed E-state index contributed by atoms with van der Waals surface area (Å²) in [5.41, 5.74) is 9.66. The standard InChI is InChI=1S/C27H22N4O2S2/c28-15-20(25(33)30-26-23(24(29)32)19-13-7-8-14-22(19)35-26)27-31(18-11-5-2-6-12-18)21(16-34-27)17-9-3-1-4-10-17/h1-6,9-12,16H,7-8,13-14H2,(H2,29,32)(H,30,33)/b27-20-. The fourth-order valence-electron chi connectivity index (χ4n) is 4.41. The summed E-state index contributed by atoms with van der Waals surface area (Å²) in [6, 6.07) is 21.6. The van der Waals surface area contributed by atoms with E-state index in [9.17, 15) is 14.9 Å². The highest BCUT2D eigenvalue weighted by Crippen LogP contribution is 2.45. The Bertz CT molecular complexity index is 1400. The lowest BCUT2D eigenvalue weighted by molar-refractivity contribution is -0.112. The van der Waals surface area contributed by atoms with Crippen molar-refractivity contribution < 1.29 is 9.59 Å². The highest BCUT2D eigenvalue weighted by Gasteiger charge is 2.31. The van der Waals surface area contributed by atoms with E-state index in [0.717, 1.165) is 53.1 Å². The first-order chi connectivity index (χ1) is 17.1. The van der Waals surface area contributed by atoms with Crippen LogP contribution in [0.3, 0.4) is 0 Å². The lowest BCUT2D eigenvalue weighted by atomic mass is 9.95. The lowest BCUT2D eigenvalue weighted by Crippen LogP contribution is -2.23. The molecule has 3 N–H and O–H groups in total. The summed E-state index contributed by atoms with van der Waals surface area (Å²) >= 11 is 2.72. The van der Waals surface area contributed by atoms with Gasteiger partial charge in [0.05, 0.1) is 11.3 Å². The number of aryl methyl sites for hydroxylation is 1. The molecule has 3 aromatic rings. The Hall–Kier alpha value is -3.80. The van der Waals surface area contributed by atoms with Crippen LogP contribution in [0.4, 0.5) is 10.7 Å². The fraction of sp³-hybridized carbons (Fsp3) is 0.148. The third kappa shape index (κ3) is 4.36. The number of fused-ring (bicyclic) bond motifs is 1. The minimum Gasteiger partial charge on any atom is -0.365 e. The van der Waals surface area contributed by atoms with Gasteiger partial charge >= 0.3 is 0 Å². The summed E-state index contributed by atoms with van der Waals surface area (Å²) in [7, 11) is 0. The van der Waals surface area contributed by atoms with Crippen molar-refractivity contribution in [3.8, 4) is 6.07 Å². The molecule has 5 rings (SSSR count).